The molecule has 0 aliphatic carbocycles. The van der Waals surface area contributed by atoms with Gasteiger partial charge in [-0.15, -0.1) is 0 Å². The molecule has 126 valence electrons. The summed E-state index contributed by atoms with van der Waals surface area (Å²) in [4.78, 5) is 25.9. The van der Waals surface area contributed by atoms with Crippen LogP contribution in [0.2, 0.25) is 0 Å². The zero-order chi connectivity index (χ0) is 17.8. The van der Waals surface area contributed by atoms with E-state index >= 15 is 0 Å². The topological polar surface area (TPSA) is 60.4 Å². The molecule has 2 aromatic rings. The first-order valence-electron chi connectivity index (χ1n) is 7.63. The molecule has 25 heavy (non-hydrogen) atoms. The van der Waals surface area contributed by atoms with Crippen molar-refractivity contribution in [3.8, 4) is 0 Å². The zero-order valence-corrected chi connectivity index (χ0v) is 14.8. The first-order chi connectivity index (χ1) is 12.1. The van der Waals surface area contributed by atoms with Crippen molar-refractivity contribution in [3.63, 3.8) is 0 Å². The lowest BCUT2D eigenvalue weighted by Crippen LogP contribution is -2.51. The first-order valence-corrected chi connectivity index (χ1v) is 8.85. The van der Waals surface area contributed by atoms with Crippen LogP contribution in [0.15, 0.2) is 65.6 Å². The Labute approximate surface area is 155 Å². The highest BCUT2D eigenvalue weighted by Crippen LogP contribution is 2.34. The Balaban J connectivity index is 1.87. The number of carboxylic acids is 1. The maximum Gasteiger partial charge on any atom is 0.266 e. The Morgan fingerprint density at radius 3 is 2.32 bits per heavy atom. The van der Waals surface area contributed by atoms with Crippen LogP contribution in [0, 0.1) is 0 Å². The largest absolute Gasteiger partial charge is 0.548 e. The van der Waals surface area contributed by atoms with Crippen LogP contribution in [-0.2, 0) is 16.0 Å². The Morgan fingerprint density at radius 2 is 1.72 bits per heavy atom. The Kier molecular flexibility index (Phi) is 5.31. The number of carbonyl (C=O) groups is 2. The molecule has 0 saturated carbocycles. The highest BCUT2D eigenvalue weighted by Gasteiger charge is 2.37. The molecule has 6 heteroatoms. The van der Waals surface area contributed by atoms with E-state index in [9.17, 15) is 14.7 Å². The van der Waals surface area contributed by atoms with E-state index in [0.29, 0.717) is 4.91 Å². The van der Waals surface area contributed by atoms with Crippen LogP contribution in [0.5, 0.6) is 0 Å². The van der Waals surface area contributed by atoms with Crippen molar-refractivity contribution in [2.24, 2.45) is 0 Å². The fourth-order valence-corrected chi connectivity index (χ4v) is 3.92. The van der Waals surface area contributed by atoms with Gasteiger partial charge in [-0.2, -0.15) is 0 Å². The molecule has 1 heterocycles. The number of rotatable bonds is 5. The second-order valence-electron chi connectivity index (χ2n) is 5.49. The van der Waals surface area contributed by atoms with Crippen LogP contribution in [0.4, 0.5) is 0 Å². The average Bonchev–Trinajstić information content (AvgIpc) is 2.88. The van der Waals surface area contributed by atoms with Gasteiger partial charge in [-0.1, -0.05) is 84.6 Å². The van der Waals surface area contributed by atoms with E-state index in [4.69, 9.17) is 12.2 Å². The summed E-state index contributed by atoms with van der Waals surface area (Å²) < 4.78 is 0.234. The van der Waals surface area contributed by atoms with Gasteiger partial charge in [0, 0.05) is 0 Å². The minimum Gasteiger partial charge on any atom is -0.548 e. The van der Waals surface area contributed by atoms with Gasteiger partial charge >= 0.3 is 0 Å². The summed E-state index contributed by atoms with van der Waals surface area (Å²) in [5.41, 5.74) is 1.66. The maximum absolute atomic E-state index is 12.7. The number of amides is 1. The van der Waals surface area contributed by atoms with Gasteiger partial charge in [0.15, 0.2) is 0 Å². The van der Waals surface area contributed by atoms with E-state index in [-0.39, 0.29) is 10.7 Å². The molecular weight excluding hydrogens is 354 g/mol. The zero-order valence-electron chi connectivity index (χ0n) is 13.1. The fraction of sp³-hybridized carbons (Fsp3) is 0.105. The number of aliphatic carboxylic acids is 1. The Morgan fingerprint density at radius 1 is 1.12 bits per heavy atom. The van der Waals surface area contributed by atoms with E-state index < -0.39 is 17.9 Å². The van der Waals surface area contributed by atoms with Crippen LogP contribution >= 0.6 is 24.0 Å². The first kappa shape index (κ1) is 17.4. The van der Waals surface area contributed by atoms with Crippen molar-refractivity contribution in [2.75, 3.05) is 0 Å². The van der Waals surface area contributed by atoms with E-state index in [1.165, 1.54) is 0 Å². The standard InChI is InChI=1S/C19H15NO3S2/c21-17-16(12-14-9-5-2-6-10-14)25-19(24)20(17)15(18(22)23)11-13-7-3-1-4-8-13/h1-10,12,15H,11H2,(H,22,23)/p-1/b16-12+/t15-/m1/s1. The number of carbonyl (C=O) groups excluding carboxylic acids is 2. The fourth-order valence-electron chi connectivity index (χ4n) is 2.57. The van der Waals surface area contributed by atoms with Crippen LogP contribution < -0.4 is 5.11 Å². The maximum atomic E-state index is 12.7. The number of benzene rings is 2. The van der Waals surface area contributed by atoms with Crippen LogP contribution in [0.1, 0.15) is 11.1 Å². The van der Waals surface area contributed by atoms with Crippen molar-refractivity contribution >= 4 is 46.3 Å². The van der Waals surface area contributed by atoms with Crippen molar-refractivity contribution in [2.45, 2.75) is 12.5 Å². The minimum absolute atomic E-state index is 0.147. The number of hydrogen-bond donors (Lipinski definition) is 0. The average molecular weight is 368 g/mol. The molecule has 1 atom stereocenters. The van der Waals surface area contributed by atoms with Crippen LogP contribution in [0.3, 0.4) is 0 Å². The molecule has 1 fully saturated rings. The highest BCUT2D eigenvalue weighted by atomic mass is 32.2. The van der Waals surface area contributed by atoms with E-state index in [1.807, 2.05) is 60.7 Å². The molecule has 1 amide bonds. The lowest BCUT2D eigenvalue weighted by molar-refractivity contribution is -0.310. The third-order valence-electron chi connectivity index (χ3n) is 3.78. The molecule has 1 aliphatic rings. The third-order valence-corrected chi connectivity index (χ3v) is 5.11. The van der Waals surface area contributed by atoms with Gasteiger partial charge < -0.3 is 9.90 Å². The van der Waals surface area contributed by atoms with Crippen molar-refractivity contribution in [1.82, 2.24) is 4.90 Å². The summed E-state index contributed by atoms with van der Waals surface area (Å²) in [5.74, 6) is -1.72. The van der Waals surface area contributed by atoms with Gasteiger partial charge in [0.1, 0.15) is 4.32 Å². The minimum atomic E-state index is -1.32. The molecule has 1 aliphatic heterocycles. The normalized spacial score (nSPS) is 17.1. The summed E-state index contributed by atoms with van der Waals surface area (Å²) in [6, 6.07) is 17.3. The lowest BCUT2D eigenvalue weighted by Gasteiger charge is -2.27. The molecular formula is C19H14NO3S2-. The molecule has 2 aromatic carbocycles. The molecule has 0 aromatic heterocycles. The van der Waals surface area contributed by atoms with Gasteiger partial charge in [-0.05, 0) is 23.6 Å². The summed E-state index contributed by atoms with van der Waals surface area (Å²) in [6.45, 7) is 0. The van der Waals surface area contributed by atoms with Gasteiger partial charge in [0.05, 0.1) is 16.9 Å². The number of thioether (sulfide) groups is 1. The summed E-state index contributed by atoms with van der Waals surface area (Å²) in [5, 5.41) is 11.7. The number of nitrogens with zero attached hydrogens (tertiary/aromatic N) is 1. The third kappa shape index (κ3) is 3.97. The summed E-state index contributed by atoms with van der Waals surface area (Å²) in [7, 11) is 0. The lowest BCUT2D eigenvalue weighted by atomic mass is 10.0. The van der Waals surface area contributed by atoms with Gasteiger partial charge in [-0.25, -0.2) is 0 Å². The number of thiocarbonyl (C=S) groups is 1. The molecule has 1 saturated heterocycles. The van der Waals surface area contributed by atoms with Crippen molar-refractivity contribution in [3.05, 3.63) is 76.7 Å². The molecule has 3 rings (SSSR count). The second kappa shape index (κ2) is 7.63. The molecule has 4 nitrogen and oxygen atoms in total. The van der Waals surface area contributed by atoms with Gasteiger partial charge in [-0.3, -0.25) is 9.69 Å². The molecule has 0 unspecified atom stereocenters. The predicted octanol–water partition coefficient (Wildman–Crippen LogP) is 2.25. The van der Waals surface area contributed by atoms with Crippen LogP contribution in [0.25, 0.3) is 6.08 Å². The molecule has 0 bridgehead atoms. The van der Waals surface area contributed by atoms with E-state index in [2.05, 4.69) is 0 Å². The highest BCUT2D eigenvalue weighted by molar-refractivity contribution is 8.26. The second-order valence-corrected chi connectivity index (χ2v) is 7.16. The molecule has 0 N–H and O–H groups in total. The smallest absolute Gasteiger partial charge is 0.266 e. The van der Waals surface area contributed by atoms with E-state index in [1.54, 1.807) is 6.08 Å². The van der Waals surface area contributed by atoms with Crippen molar-refractivity contribution in [1.29, 1.82) is 0 Å². The SMILES string of the molecule is O=C([O-])[C@@H](Cc1ccccc1)N1C(=O)/C(=C\c2ccccc2)SC1=S. The number of hydrogen-bond acceptors (Lipinski definition) is 5. The van der Waals surface area contributed by atoms with Gasteiger partial charge in [0.25, 0.3) is 5.91 Å². The van der Waals surface area contributed by atoms with Crippen molar-refractivity contribution < 1.29 is 14.7 Å². The summed E-state index contributed by atoms with van der Waals surface area (Å²) in [6.07, 6.45) is 1.86. The molecule has 0 spiro atoms. The Hall–Kier alpha value is -2.44. The van der Waals surface area contributed by atoms with E-state index in [0.717, 1.165) is 27.8 Å². The number of carboxylic acid groups (broad SMARTS) is 1. The monoisotopic (exact) mass is 368 g/mol. The van der Waals surface area contributed by atoms with Crippen LogP contribution in [-0.4, -0.2) is 27.1 Å². The Bertz CT molecular complexity index is 834. The quantitative estimate of drug-likeness (QED) is 0.598. The molecule has 0 radical (unpaired) electrons. The van der Waals surface area contributed by atoms with Gasteiger partial charge in [0.2, 0.25) is 0 Å². The summed E-state index contributed by atoms with van der Waals surface area (Å²) >= 11 is 6.37. The predicted molar refractivity (Wildman–Crippen MR) is 100 cm³/mol.